The number of benzene rings is 1. The summed E-state index contributed by atoms with van der Waals surface area (Å²) in [5.41, 5.74) is 2.50. The number of hydrogen-bond donors (Lipinski definition) is 2. The molecule has 0 aliphatic rings. The molecule has 1 aromatic heterocycles. The predicted molar refractivity (Wildman–Crippen MR) is 92.3 cm³/mol. The Morgan fingerprint density at radius 3 is 2.58 bits per heavy atom. The van der Waals surface area contributed by atoms with Gasteiger partial charge < -0.3 is 15.2 Å². The molecule has 0 aliphatic heterocycles. The molecule has 2 N–H and O–H groups in total. The van der Waals surface area contributed by atoms with Gasteiger partial charge in [0, 0.05) is 24.9 Å². The Hall–Kier alpha value is -2.18. The Labute approximate surface area is 142 Å². The Kier molecular flexibility index (Phi) is 6.52. The average molecular weight is 331 g/mol. The highest BCUT2D eigenvalue weighted by molar-refractivity contribution is 5.94. The molecular formula is C18H25N3O3. The van der Waals surface area contributed by atoms with E-state index in [1.165, 1.54) is 0 Å². The van der Waals surface area contributed by atoms with Crippen LogP contribution in [0.25, 0.3) is 5.69 Å². The zero-order valence-electron chi connectivity index (χ0n) is 14.4. The second kappa shape index (κ2) is 8.61. The number of rotatable bonds is 8. The normalized spacial score (nSPS) is 12.4. The van der Waals surface area contributed by atoms with E-state index in [1.54, 1.807) is 23.0 Å². The van der Waals surface area contributed by atoms with E-state index in [0.29, 0.717) is 18.1 Å². The second-order valence-corrected chi connectivity index (χ2v) is 6.30. The molecule has 24 heavy (non-hydrogen) atoms. The van der Waals surface area contributed by atoms with E-state index >= 15 is 0 Å². The van der Waals surface area contributed by atoms with Crippen LogP contribution < -0.4 is 5.32 Å². The van der Waals surface area contributed by atoms with Gasteiger partial charge >= 0.3 is 0 Å². The van der Waals surface area contributed by atoms with E-state index in [9.17, 15) is 9.90 Å². The lowest BCUT2D eigenvalue weighted by Crippen LogP contribution is -2.34. The van der Waals surface area contributed by atoms with Crippen LogP contribution in [0.3, 0.4) is 0 Å². The molecule has 6 nitrogen and oxygen atoms in total. The molecule has 130 valence electrons. The molecule has 1 unspecified atom stereocenters. The Morgan fingerprint density at radius 1 is 1.29 bits per heavy atom. The van der Waals surface area contributed by atoms with Gasteiger partial charge in [0.2, 0.25) is 0 Å². The SMILES string of the molecule is Cc1cnn(-c2ccc(C(=O)NCC(O)COCC(C)C)cc2)c1. The number of aliphatic hydroxyl groups excluding tert-OH is 1. The third-order valence-corrected chi connectivity index (χ3v) is 3.37. The number of aliphatic hydroxyl groups is 1. The fourth-order valence-electron chi connectivity index (χ4n) is 2.13. The number of hydrogen-bond acceptors (Lipinski definition) is 4. The van der Waals surface area contributed by atoms with E-state index in [0.717, 1.165) is 11.3 Å². The van der Waals surface area contributed by atoms with Gasteiger partial charge in [-0.1, -0.05) is 13.8 Å². The lowest BCUT2D eigenvalue weighted by atomic mass is 10.2. The van der Waals surface area contributed by atoms with Crippen molar-refractivity contribution in [1.82, 2.24) is 15.1 Å². The highest BCUT2D eigenvalue weighted by atomic mass is 16.5. The highest BCUT2D eigenvalue weighted by Crippen LogP contribution is 2.10. The fraction of sp³-hybridized carbons (Fsp3) is 0.444. The first-order valence-electron chi connectivity index (χ1n) is 8.11. The molecule has 1 heterocycles. The summed E-state index contributed by atoms with van der Waals surface area (Å²) in [6, 6.07) is 7.15. The van der Waals surface area contributed by atoms with Gasteiger partial charge in [0.05, 0.1) is 24.6 Å². The summed E-state index contributed by atoms with van der Waals surface area (Å²) < 4.78 is 7.11. The molecule has 0 bridgehead atoms. The van der Waals surface area contributed by atoms with Crippen molar-refractivity contribution in [2.75, 3.05) is 19.8 Å². The smallest absolute Gasteiger partial charge is 0.251 e. The zero-order chi connectivity index (χ0) is 17.5. The molecule has 0 radical (unpaired) electrons. The first-order chi connectivity index (χ1) is 11.5. The van der Waals surface area contributed by atoms with Crippen molar-refractivity contribution in [1.29, 1.82) is 0 Å². The van der Waals surface area contributed by atoms with Crippen LogP contribution in [-0.2, 0) is 4.74 Å². The van der Waals surface area contributed by atoms with E-state index in [4.69, 9.17) is 4.74 Å². The summed E-state index contributed by atoms with van der Waals surface area (Å²) in [6.45, 7) is 7.04. The van der Waals surface area contributed by atoms with Gasteiger partial charge in [-0.05, 0) is 42.7 Å². The van der Waals surface area contributed by atoms with Crippen molar-refractivity contribution in [2.24, 2.45) is 5.92 Å². The van der Waals surface area contributed by atoms with Gasteiger partial charge in [-0.3, -0.25) is 4.79 Å². The minimum absolute atomic E-state index is 0.164. The van der Waals surface area contributed by atoms with Crippen LogP contribution in [0.4, 0.5) is 0 Å². The van der Waals surface area contributed by atoms with Crippen LogP contribution in [0.15, 0.2) is 36.7 Å². The Balaban J connectivity index is 1.82. The second-order valence-electron chi connectivity index (χ2n) is 6.30. The fourth-order valence-corrected chi connectivity index (χ4v) is 2.13. The van der Waals surface area contributed by atoms with Crippen molar-refractivity contribution in [2.45, 2.75) is 26.9 Å². The first-order valence-corrected chi connectivity index (χ1v) is 8.11. The number of nitrogens with zero attached hydrogens (tertiary/aromatic N) is 2. The Morgan fingerprint density at radius 2 is 2.00 bits per heavy atom. The summed E-state index contributed by atoms with van der Waals surface area (Å²) in [5.74, 6) is 0.199. The van der Waals surface area contributed by atoms with Crippen LogP contribution >= 0.6 is 0 Å². The lowest BCUT2D eigenvalue weighted by Gasteiger charge is -2.13. The van der Waals surface area contributed by atoms with Crippen molar-refractivity contribution in [3.05, 3.63) is 47.8 Å². The number of aryl methyl sites for hydroxylation is 1. The standard InChI is InChI=1S/C18H25N3O3/c1-13(2)11-24-12-17(22)9-19-18(23)15-4-6-16(7-5-15)21-10-14(3)8-20-21/h4-8,10,13,17,22H,9,11-12H2,1-3H3,(H,19,23). The predicted octanol–water partition coefficient (Wildman–Crippen LogP) is 1.94. The van der Waals surface area contributed by atoms with Crippen LogP contribution in [0, 0.1) is 12.8 Å². The quantitative estimate of drug-likeness (QED) is 0.775. The molecule has 0 fully saturated rings. The molecule has 2 aromatic rings. The molecular weight excluding hydrogens is 306 g/mol. The molecule has 1 amide bonds. The van der Waals surface area contributed by atoms with Crippen molar-refractivity contribution in [3.8, 4) is 5.69 Å². The number of nitrogens with one attached hydrogen (secondary N) is 1. The number of ether oxygens (including phenoxy) is 1. The summed E-state index contributed by atoms with van der Waals surface area (Å²) in [6.07, 6.45) is 2.99. The molecule has 1 atom stereocenters. The minimum atomic E-state index is -0.709. The van der Waals surface area contributed by atoms with Gasteiger partial charge in [0.15, 0.2) is 0 Å². The molecule has 6 heteroatoms. The first kappa shape index (κ1) is 18.2. The van der Waals surface area contributed by atoms with Crippen LogP contribution in [0.1, 0.15) is 29.8 Å². The van der Waals surface area contributed by atoms with Gasteiger partial charge in [-0.2, -0.15) is 5.10 Å². The molecule has 0 aliphatic carbocycles. The summed E-state index contributed by atoms with van der Waals surface area (Å²) in [7, 11) is 0. The molecule has 2 rings (SSSR count). The van der Waals surface area contributed by atoms with E-state index in [1.807, 2.05) is 39.1 Å². The highest BCUT2D eigenvalue weighted by Gasteiger charge is 2.10. The van der Waals surface area contributed by atoms with Crippen LogP contribution in [-0.4, -0.2) is 46.7 Å². The van der Waals surface area contributed by atoms with Crippen LogP contribution in [0.5, 0.6) is 0 Å². The lowest BCUT2D eigenvalue weighted by molar-refractivity contribution is 0.0259. The van der Waals surface area contributed by atoms with Gasteiger partial charge in [0.25, 0.3) is 5.91 Å². The number of amides is 1. The third-order valence-electron chi connectivity index (χ3n) is 3.37. The maximum absolute atomic E-state index is 12.1. The van der Waals surface area contributed by atoms with Crippen LogP contribution in [0.2, 0.25) is 0 Å². The summed E-state index contributed by atoms with van der Waals surface area (Å²) in [5, 5.41) is 16.7. The number of carbonyl (C=O) groups is 1. The summed E-state index contributed by atoms with van der Waals surface area (Å²) >= 11 is 0. The summed E-state index contributed by atoms with van der Waals surface area (Å²) in [4.78, 5) is 12.1. The number of aromatic nitrogens is 2. The van der Waals surface area contributed by atoms with E-state index in [2.05, 4.69) is 10.4 Å². The van der Waals surface area contributed by atoms with Crippen molar-refractivity contribution < 1.29 is 14.6 Å². The number of carbonyl (C=O) groups excluding carboxylic acids is 1. The average Bonchev–Trinajstić information content (AvgIpc) is 2.99. The van der Waals surface area contributed by atoms with Crippen molar-refractivity contribution >= 4 is 5.91 Å². The minimum Gasteiger partial charge on any atom is -0.389 e. The zero-order valence-corrected chi connectivity index (χ0v) is 14.4. The third kappa shape index (κ3) is 5.47. The maximum Gasteiger partial charge on any atom is 0.251 e. The molecule has 0 spiro atoms. The maximum atomic E-state index is 12.1. The van der Waals surface area contributed by atoms with Gasteiger partial charge in [0.1, 0.15) is 0 Å². The Bertz CT molecular complexity index is 650. The van der Waals surface area contributed by atoms with Gasteiger partial charge in [-0.15, -0.1) is 0 Å². The topological polar surface area (TPSA) is 76.4 Å². The molecule has 0 saturated heterocycles. The molecule has 1 aromatic carbocycles. The van der Waals surface area contributed by atoms with E-state index < -0.39 is 6.10 Å². The molecule has 0 saturated carbocycles. The monoisotopic (exact) mass is 331 g/mol. The largest absolute Gasteiger partial charge is 0.389 e. The van der Waals surface area contributed by atoms with E-state index in [-0.39, 0.29) is 19.1 Å². The van der Waals surface area contributed by atoms with Gasteiger partial charge in [-0.25, -0.2) is 4.68 Å². The van der Waals surface area contributed by atoms with Crippen molar-refractivity contribution in [3.63, 3.8) is 0 Å².